The molecule has 0 bridgehead atoms. The standard InChI is InChI=1S/C16H25ClN2O2/c1-11-13(15(17)19(2)18-11)14(20)12-6-9-21-16(10-12)7-4-3-5-8-16/h12,14,20H,3-10H2,1-2H3. The van der Waals surface area contributed by atoms with E-state index >= 15 is 0 Å². The molecule has 4 nitrogen and oxygen atoms in total. The number of hydrogen-bond acceptors (Lipinski definition) is 3. The zero-order valence-corrected chi connectivity index (χ0v) is 13.7. The van der Waals surface area contributed by atoms with Gasteiger partial charge in [0.15, 0.2) is 0 Å². The summed E-state index contributed by atoms with van der Waals surface area (Å²) in [5, 5.41) is 15.7. The van der Waals surface area contributed by atoms with Gasteiger partial charge in [0.2, 0.25) is 0 Å². The molecule has 2 heterocycles. The number of aliphatic hydroxyl groups is 1. The minimum absolute atomic E-state index is 0.00470. The van der Waals surface area contributed by atoms with Gasteiger partial charge >= 0.3 is 0 Å². The van der Waals surface area contributed by atoms with Gasteiger partial charge in [0.1, 0.15) is 5.15 Å². The largest absolute Gasteiger partial charge is 0.388 e. The first-order chi connectivity index (χ1) is 10.0. The fraction of sp³-hybridized carbons (Fsp3) is 0.812. The molecule has 1 aromatic rings. The van der Waals surface area contributed by atoms with Crippen molar-refractivity contribution >= 4 is 11.6 Å². The van der Waals surface area contributed by atoms with E-state index in [0.29, 0.717) is 5.15 Å². The lowest BCUT2D eigenvalue weighted by Gasteiger charge is -2.44. The molecule has 1 aromatic heterocycles. The Labute approximate surface area is 131 Å². The molecule has 2 unspecified atom stereocenters. The first-order valence-corrected chi connectivity index (χ1v) is 8.41. The molecular formula is C16H25ClN2O2. The predicted octanol–water partition coefficient (Wildman–Crippen LogP) is 3.54. The normalized spacial score (nSPS) is 27.0. The lowest BCUT2D eigenvalue weighted by atomic mass is 9.74. The van der Waals surface area contributed by atoms with E-state index in [2.05, 4.69) is 5.10 Å². The van der Waals surface area contributed by atoms with Gasteiger partial charge in [0, 0.05) is 19.2 Å². The Kier molecular flexibility index (Phi) is 4.30. The van der Waals surface area contributed by atoms with Crippen molar-refractivity contribution in [2.24, 2.45) is 13.0 Å². The summed E-state index contributed by atoms with van der Waals surface area (Å²) >= 11 is 6.31. The molecule has 21 heavy (non-hydrogen) atoms. The Morgan fingerprint density at radius 2 is 2.10 bits per heavy atom. The number of hydrogen-bond donors (Lipinski definition) is 1. The van der Waals surface area contributed by atoms with Gasteiger partial charge in [-0.25, -0.2) is 0 Å². The lowest BCUT2D eigenvalue weighted by molar-refractivity contribution is -0.134. The van der Waals surface area contributed by atoms with Crippen molar-refractivity contribution in [3.05, 3.63) is 16.4 Å². The molecule has 2 aliphatic rings. The highest BCUT2D eigenvalue weighted by Gasteiger charge is 2.41. The van der Waals surface area contributed by atoms with Gasteiger partial charge in [-0.3, -0.25) is 4.68 Å². The fourth-order valence-electron chi connectivity index (χ4n) is 4.10. The average Bonchev–Trinajstić information content (AvgIpc) is 2.72. The highest BCUT2D eigenvalue weighted by Crippen LogP contribution is 2.45. The van der Waals surface area contributed by atoms with Gasteiger partial charge in [0.25, 0.3) is 0 Å². The van der Waals surface area contributed by atoms with Crippen LogP contribution in [0.1, 0.15) is 62.3 Å². The van der Waals surface area contributed by atoms with Crippen molar-refractivity contribution in [3.63, 3.8) is 0 Å². The van der Waals surface area contributed by atoms with Gasteiger partial charge < -0.3 is 9.84 Å². The van der Waals surface area contributed by atoms with Crippen LogP contribution in [0.5, 0.6) is 0 Å². The molecule has 118 valence electrons. The van der Waals surface area contributed by atoms with Crippen molar-refractivity contribution in [1.29, 1.82) is 0 Å². The molecule has 2 fully saturated rings. The molecular weight excluding hydrogens is 288 g/mol. The van der Waals surface area contributed by atoms with Gasteiger partial charge in [-0.05, 0) is 38.5 Å². The molecule has 1 spiro atoms. The average molecular weight is 313 g/mol. The smallest absolute Gasteiger partial charge is 0.132 e. The summed E-state index contributed by atoms with van der Waals surface area (Å²) in [6.45, 7) is 2.67. The van der Waals surface area contributed by atoms with Crippen LogP contribution < -0.4 is 0 Å². The van der Waals surface area contributed by atoms with Crippen LogP contribution in [-0.4, -0.2) is 27.1 Å². The van der Waals surface area contributed by atoms with Crippen LogP contribution in [0.3, 0.4) is 0 Å². The molecule has 3 rings (SSSR count). The number of aliphatic hydroxyl groups excluding tert-OH is 1. The first kappa shape index (κ1) is 15.3. The number of halogens is 1. The van der Waals surface area contributed by atoms with Crippen LogP contribution in [0.15, 0.2) is 0 Å². The maximum Gasteiger partial charge on any atom is 0.132 e. The molecule has 5 heteroatoms. The minimum Gasteiger partial charge on any atom is -0.388 e. The first-order valence-electron chi connectivity index (χ1n) is 8.03. The second kappa shape index (κ2) is 5.90. The summed E-state index contributed by atoms with van der Waals surface area (Å²) in [7, 11) is 1.82. The maximum atomic E-state index is 10.8. The van der Waals surface area contributed by atoms with E-state index in [-0.39, 0.29) is 11.5 Å². The second-order valence-corrected chi connectivity index (χ2v) is 7.06. The van der Waals surface area contributed by atoms with Gasteiger partial charge in [0.05, 0.1) is 17.4 Å². The topological polar surface area (TPSA) is 47.3 Å². The number of aryl methyl sites for hydroxylation is 2. The summed E-state index contributed by atoms with van der Waals surface area (Å²) in [5.41, 5.74) is 1.64. The molecule has 1 saturated carbocycles. The van der Waals surface area contributed by atoms with Gasteiger partial charge in [-0.1, -0.05) is 30.9 Å². The van der Waals surface area contributed by atoms with Crippen molar-refractivity contribution in [2.45, 2.75) is 63.6 Å². The van der Waals surface area contributed by atoms with Crippen LogP contribution in [0.25, 0.3) is 0 Å². The zero-order valence-electron chi connectivity index (χ0n) is 12.9. The van der Waals surface area contributed by atoms with Crippen LogP contribution in [0.4, 0.5) is 0 Å². The molecule has 1 aliphatic heterocycles. The van der Waals surface area contributed by atoms with Crippen molar-refractivity contribution in [1.82, 2.24) is 9.78 Å². The molecule has 1 saturated heterocycles. The van der Waals surface area contributed by atoms with Crippen molar-refractivity contribution < 1.29 is 9.84 Å². The molecule has 1 aliphatic carbocycles. The summed E-state index contributed by atoms with van der Waals surface area (Å²) in [5.74, 6) is 0.220. The van der Waals surface area contributed by atoms with E-state index in [0.717, 1.165) is 43.5 Å². The molecule has 0 aromatic carbocycles. The molecule has 2 atom stereocenters. The number of aromatic nitrogens is 2. The Morgan fingerprint density at radius 1 is 1.38 bits per heavy atom. The highest BCUT2D eigenvalue weighted by molar-refractivity contribution is 6.30. The van der Waals surface area contributed by atoms with E-state index in [4.69, 9.17) is 16.3 Å². The Morgan fingerprint density at radius 3 is 2.71 bits per heavy atom. The lowest BCUT2D eigenvalue weighted by Crippen LogP contribution is -2.42. The van der Waals surface area contributed by atoms with E-state index in [1.54, 1.807) is 4.68 Å². The van der Waals surface area contributed by atoms with E-state index in [9.17, 15) is 5.11 Å². The van der Waals surface area contributed by atoms with Crippen LogP contribution in [-0.2, 0) is 11.8 Å². The summed E-state index contributed by atoms with van der Waals surface area (Å²) in [4.78, 5) is 0. The molecule has 0 radical (unpaired) electrons. The highest BCUT2D eigenvalue weighted by atomic mass is 35.5. The third-order valence-corrected chi connectivity index (χ3v) is 5.68. The predicted molar refractivity (Wildman–Crippen MR) is 82.4 cm³/mol. The minimum atomic E-state index is -0.533. The third kappa shape index (κ3) is 2.86. The van der Waals surface area contributed by atoms with Crippen LogP contribution in [0, 0.1) is 12.8 Å². The fourth-order valence-corrected chi connectivity index (χ4v) is 4.38. The Bertz CT molecular complexity index is 503. The SMILES string of the molecule is Cc1nn(C)c(Cl)c1C(O)C1CCOC2(CCCCC2)C1. The van der Waals surface area contributed by atoms with E-state index in [1.165, 1.54) is 19.3 Å². The van der Waals surface area contributed by atoms with Gasteiger partial charge in [-0.2, -0.15) is 5.10 Å². The Hall–Kier alpha value is -0.580. The Balaban J connectivity index is 1.79. The van der Waals surface area contributed by atoms with Crippen molar-refractivity contribution in [2.75, 3.05) is 6.61 Å². The summed E-state index contributed by atoms with van der Waals surface area (Å²) in [6, 6.07) is 0. The summed E-state index contributed by atoms with van der Waals surface area (Å²) < 4.78 is 7.77. The quantitative estimate of drug-likeness (QED) is 0.908. The number of rotatable bonds is 2. The van der Waals surface area contributed by atoms with Crippen molar-refractivity contribution in [3.8, 4) is 0 Å². The van der Waals surface area contributed by atoms with Gasteiger partial charge in [-0.15, -0.1) is 0 Å². The number of ether oxygens (including phenoxy) is 1. The zero-order chi connectivity index (χ0) is 15.0. The number of nitrogens with zero attached hydrogens (tertiary/aromatic N) is 2. The monoisotopic (exact) mass is 312 g/mol. The van der Waals surface area contributed by atoms with Crippen LogP contribution in [0.2, 0.25) is 5.15 Å². The van der Waals surface area contributed by atoms with E-state index in [1.807, 2.05) is 14.0 Å². The third-order valence-electron chi connectivity index (χ3n) is 5.23. The maximum absolute atomic E-state index is 10.8. The van der Waals surface area contributed by atoms with E-state index < -0.39 is 6.10 Å². The summed E-state index contributed by atoms with van der Waals surface area (Å²) in [6.07, 6.45) is 7.38. The van der Waals surface area contributed by atoms with Crippen LogP contribution >= 0.6 is 11.6 Å². The molecule has 1 N–H and O–H groups in total. The molecule has 0 amide bonds. The second-order valence-electron chi connectivity index (χ2n) is 6.70.